The van der Waals surface area contributed by atoms with Gasteiger partial charge >= 0.3 is 0 Å². The Labute approximate surface area is 103 Å². The highest BCUT2D eigenvalue weighted by Crippen LogP contribution is 2.10. The van der Waals surface area contributed by atoms with Gasteiger partial charge in [-0.05, 0) is 19.1 Å². The van der Waals surface area contributed by atoms with E-state index >= 15 is 0 Å². The highest BCUT2D eigenvalue weighted by molar-refractivity contribution is 6.29. The molecule has 0 aliphatic rings. The number of hydrogen-bond acceptors (Lipinski definition) is 3. The van der Waals surface area contributed by atoms with Gasteiger partial charge in [-0.15, -0.1) is 0 Å². The summed E-state index contributed by atoms with van der Waals surface area (Å²) in [5, 5.41) is 9.56. The lowest BCUT2D eigenvalue weighted by Crippen LogP contribution is -2.22. The van der Waals surface area contributed by atoms with Gasteiger partial charge in [0.05, 0.1) is 6.20 Å². The average Bonchev–Trinajstić information content (AvgIpc) is 2.77. The standard InChI is InChI=1S/C11H11ClN4O/c1-7-2-9(3-10(12)16-7)11(17)13-4-8-5-14-15-6-8/h2-3,5-6H,4H2,1H3,(H,13,17)(H,14,15). The molecule has 0 bridgehead atoms. The van der Waals surface area contributed by atoms with Crippen molar-refractivity contribution >= 4 is 17.5 Å². The van der Waals surface area contributed by atoms with Crippen LogP contribution in [0.2, 0.25) is 5.15 Å². The number of aryl methyl sites for hydroxylation is 1. The van der Waals surface area contributed by atoms with Gasteiger partial charge in [-0.25, -0.2) is 4.98 Å². The van der Waals surface area contributed by atoms with E-state index in [1.807, 2.05) is 0 Å². The summed E-state index contributed by atoms with van der Waals surface area (Å²) in [6.45, 7) is 2.22. The Bertz CT molecular complexity index is 504. The van der Waals surface area contributed by atoms with Gasteiger partial charge in [-0.1, -0.05) is 11.6 Å². The second kappa shape index (κ2) is 4.97. The third kappa shape index (κ3) is 3.04. The molecule has 0 spiro atoms. The maximum absolute atomic E-state index is 11.8. The van der Waals surface area contributed by atoms with Crippen LogP contribution in [0.25, 0.3) is 0 Å². The van der Waals surface area contributed by atoms with E-state index < -0.39 is 0 Å². The van der Waals surface area contributed by atoms with Crippen LogP contribution in [0.1, 0.15) is 21.6 Å². The lowest BCUT2D eigenvalue weighted by molar-refractivity contribution is 0.0950. The minimum absolute atomic E-state index is 0.182. The van der Waals surface area contributed by atoms with Crippen molar-refractivity contribution < 1.29 is 4.79 Å². The summed E-state index contributed by atoms with van der Waals surface area (Å²) in [6, 6.07) is 3.23. The molecule has 0 fully saturated rings. The number of amides is 1. The summed E-state index contributed by atoms with van der Waals surface area (Å²) in [5.41, 5.74) is 2.13. The van der Waals surface area contributed by atoms with Gasteiger partial charge < -0.3 is 5.32 Å². The molecule has 88 valence electrons. The third-order valence-corrected chi connectivity index (χ3v) is 2.39. The first-order chi connectivity index (χ1) is 8.15. The van der Waals surface area contributed by atoms with E-state index in [1.54, 1.807) is 31.5 Å². The highest BCUT2D eigenvalue weighted by atomic mass is 35.5. The molecule has 0 unspecified atom stereocenters. The molecule has 17 heavy (non-hydrogen) atoms. The molecule has 0 saturated carbocycles. The predicted octanol–water partition coefficient (Wildman–Crippen LogP) is 1.70. The lowest BCUT2D eigenvalue weighted by Gasteiger charge is -2.04. The Morgan fingerprint density at radius 2 is 2.35 bits per heavy atom. The van der Waals surface area contributed by atoms with E-state index in [4.69, 9.17) is 11.6 Å². The molecule has 2 N–H and O–H groups in total. The summed E-state index contributed by atoms with van der Waals surface area (Å²) < 4.78 is 0. The van der Waals surface area contributed by atoms with Crippen LogP contribution >= 0.6 is 11.6 Å². The van der Waals surface area contributed by atoms with Gasteiger partial charge in [0.1, 0.15) is 5.15 Å². The molecule has 2 aromatic rings. The highest BCUT2D eigenvalue weighted by Gasteiger charge is 2.07. The molecule has 2 rings (SSSR count). The van der Waals surface area contributed by atoms with Crippen molar-refractivity contribution in [3.63, 3.8) is 0 Å². The number of carbonyl (C=O) groups excluding carboxylic acids is 1. The SMILES string of the molecule is Cc1cc(C(=O)NCc2cn[nH]c2)cc(Cl)n1. The number of aromatic amines is 1. The smallest absolute Gasteiger partial charge is 0.251 e. The summed E-state index contributed by atoms with van der Waals surface area (Å²) in [7, 11) is 0. The quantitative estimate of drug-likeness (QED) is 0.815. The van der Waals surface area contributed by atoms with E-state index in [0.29, 0.717) is 23.0 Å². The van der Waals surface area contributed by atoms with Crippen molar-refractivity contribution in [2.24, 2.45) is 0 Å². The minimum atomic E-state index is -0.182. The molecule has 5 nitrogen and oxygen atoms in total. The molecule has 0 aromatic carbocycles. The van der Waals surface area contributed by atoms with Gasteiger partial charge in [0.25, 0.3) is 5.91 Å². The second-order valence-corrected chi connectivity index (χ2v) is 4.00. The molecule has 0 atom stereocenters. The van der Waals surface area contributed by atoms with E-state index in [2.05, 4.69) is 20.5 Å². The topological polar surface area (TPSA) is 70.7 Å². The summed E-state index contributed by atoms with van der Waals surface area (Å²) in [6.07, 6.45) is 3.39. The number of aromatic nitrogens is 3. The van der Waals surface area contributed by atoms with Crippen LogP contribution < -0.4 is 5.32 Å². The van der Waals surface area contributed by atoms with Crippen LogP contribution in [0.15, 0.2) is 24.5 Å². The Morgan fingerprint density at radius 3 is 3.00 bits per heavy atom. The number of hydrogen-bond donors (Lipinski definition) is 2. The minimum Gasteiger partial charge on any atom is -0.348 e. The molecule has 2 aromatic heterocycles. The zero-order valence-electron chi connectivity index (χ0n) is 9.20. The summed E-state index contributed by atoms with van der Waals surface area (Å²) in [4.78, 5) is 15.8. The van der Waals surface area contributed by atoms with Crippen LogP contribution in [-0.2, 0) is 6.54 Å². The molecular formula is C11H11ClN4O. The second-order valence-electron chi connectivity index (χ2n) is 3.61. The van der Waals surface area contributed by atoms with Crippen molar-refractivity contribution in [3.05, 3.63) is 46.5 Å². The first-order valence-electron chi connectivity index (χ1n) is 5.05. The first kappa shape index (κ1) is 11.6. The Balaban J connectivity index is 2.04. The molecule has 6 heteroatoms. The number of carbonyl (C=O) groups is 1. The number of halogens is 1. The number of H-pyrrole nitrogens is 1. The van der Waals surface area contributed by atoms with Crippen LogP contribution in [-0.4, -0.2) is 21.1 Å². The normalized spacial score (nSPS) is 10.2. The van der Waals surface area contributed by atoms with Crippen LogP contribution in [0.3, 0.4) is 0 Å². The number of nitrogens with one attached hydrogen (secondary N) is 2. The van der Waals surface area contributed by atoms with Crippen molar-refractivity contribution in [1.29, 1.82) is 0 Å². The fourth-order valence-corrected chi connectivity index (χ4v) is 1.67. The van der Waals surface area contributed by atoms with Gasteiger partial charge in [0, 0.05) is 29.6 Å². The van der Waals surface area contributed by atoms with Gasteiger partial charge in [-0.2, -0.15) is 5.10 Å². The molecule has 1 amide bonds. The van der Waals surface area contributed by atoms with Crippen LogP contribution in [0.4, 0.5) is 0 Å². The van der Waals surface area contributed by atoms with E-state index in [0.717, 1.165) is 5.56 Å². The van der Waals surface area contributed by atoms with E-state index in [1.165, 1.54) is 0 Å². The van der Waals surface area contributed by atoms with Gasteiger partial charge in [0.2, 0.25) is 0 Å². The Hall–Kier alpha value is -1.88. The van der Waals surface area contributed by atoms with Crippen molar-refractivity contribution in [3.8, 4) is 0 Å². The largest absolute Gasteiger partial charge is 0.348 e. The van der Waals surface area contributed by atoms with Crippen molar-refractivity contribution in [2.75, 3.05) is 0 Å². The van der Waals surface area contributed by atoms with Gasteiger partial charge in [-0.3, -0.25) is 9.89 Å². The third-order valence-electron chi connectivity index (χ3n) is 2.19. The maximum atomic E-state index is 11.8. The van der Waals surface area contributed by atoms with E-state index in [-0.39, 0.29) is 5.91 Å². The molecule has 0 aliphatic carbocycles. The molecule has 2 heterocycles. The maximum Gasteiger partial charge on any atom is 0.251 e. The fraction of sp³-hybridized carbons (Fsp3) is 0.182. The van der Waals surface area contributed by atoms with Crippen molar-refractivity contribution in [2.45, 2.75) is 13.5 Å². The fourth-order valence-electron chi connectivity index (χ4n) is 1.42. The lowest BCUT2D eigenvalue weighted by atomic mass is 10.2. The van der Waals surface area contributed by atoms with Crippen molar-refractivity contribution in [1.82, 2.24) is 20.5 Å². The average molecular weight is 251 g/mol. The predicted molar refractivity (Wildman–Crippen MR) is 63.7 cm³/mol. The Morgan fingerprint density at radius 1 is 1.53 bits per heavy atom. The summed E-state index contributed by atoms with van der Waals surface area (Å²) in [5.74, 6) is -0.182. The number of nitrogens with zero attached hydrogens (tertiary/aromatic N) is 2. The van der Waals surface area contributed by atoms with E-state index in [9.17, 15) is 4.79 Å². The number of pyridine rings is 1. The molecule has 0 radical (unpaired) electrons. The first-order valence-corrected chi connectivity index (χ1v) is 5.43. The zero-order valence-corrected chi connectivity index (χ0v) is 9.95. The Kier molecular flexibility index (Phi) is 3.39. The zero-order chi connectivity index (χ0) is 12.3. The molecular weight excluding hydrogens is 240 g/mol. The molecule has 0 aliphatic heterocycles. The summed E-state index contributed by atoms with van der Waals surface area (Å²) >= 11 is 5.79. The van der Waals surface area contributed by atoms with Crippen LogP contribution in [0, 0.1) is 6.92 Å². The van der Waals surface area contributed by atoms with Crippen LogP contribution in [0.5, 0.6) is 0 Å². The molecule has 0 saturated heterocycles. The van der Waals surface area contributed by atoms with Gasteiger partial charge in [0.15, 0.2) is 0 Å². The monoisotopic (exact) mass is 250 g/mol. The number of rotatable bonds is 3.